The number of amides is 1. The van der Waals surface area contributed by atoms with Crippen LogP contribution < -0.4 is 11.1 Å². The van der Waals surface area contributed by atoms with Crippen LogP contribution in [-0.4, -0.2) is 30.4 Å². The van der Waals surface area contributed by atoms with E-state index in [1.165, 1.54) is 0 Å². The highest BCUT2D eigenvalue weighted by atomic mass is 35.5. The van der Waals surface area contributed by atoms with E-state index in [1.54, 1.807) is 12.1 Å². The summed E-state index contributed by atoms with van der Waals surface area (Å²) in [6.45, 7) is 4.81. The van der Waals surface area contributed by atoms with Gasteiger partial charge in [-0.1, -0.05) is 11.6 Å². The first-order valence-corrected chi connectivity index (χ1v) is 6.28. The Morgan fingerprint density at radius 3 is 2.78 bits per heavy atom. The van der Waals surface area contributed by atoms with E-state index in [0.29, 0.717) is 23.8 Å². The quantitative estimate of drug-likeness (QED) is 0.803. The summed E-state index contributed by atoms with van der Waals surface area (Å²) in [7, 11) is 1.88. The zero-order valence-electron chi connectivity index (χ0n) is 11.0. The van der Waals surface area contributed by atoms with Crippen molar-refractivity contribution in [2.75, 3.05) is 19.3 Å². The molecule has 0 fully saturated rings. The van der Waals surface area contributed by atoms with Crippen LogP contribution in [-0.2, 0) is 11.3 Å². The molecule has 0 bridgehead atoms. The summed E-state index contributed by atoms with van der Waals surface area (Å²) >= 11 is 5.92. The number of hydrogen-bond donors (Lipinski definition) is 2. The smallest absolute Gasteiger partial charge is 0.234 e. The largest absolute Gasteiger partial charge is 0.398 e. The van der Waals surface area contributed by atoms with Crippen molar-refractivity contribution in [2.24, 2.45) is 0 Å². The number of anilines is 1. The number of nitrogens with two attached hydrogens (primary N) is 1. The predicted octanol–water partition coefficient (Wildman–Crippen LogP) is 1.88. The van der Waals surface area contributed by atoms with E-state index in [2.05, 4.69) is 5.32 Å². The van der Waals surface area contributed by atoms with Crippen molar-refractivity contribution >= 4 is 23.2 Å². The second-order valence-corrected chi connectivity index (χ2v) is 5.17. The van der Waals surface area contributed by atoms with Crippen LogP contribution in [0.3, 0.4) is 0 Å². The van der Waals surface area contributed by atoms with E-state index >= 15 is 0 Å². The molecule has 0 aliphatic heterocycles. The number of nitrogens with one attached hydrogen (secondary N) is 1. The van der Waals surface area contributed by atoms with Gasteiger partial charge in [0.15, 0.2) is 0 Å². The number of hydrogen-bond acceptors (Lipinski definition) is 3. The molecule has 4 nitrogen and oxygen atoms in total. The molecule has 3 N–H and O–H groups in total. The van der Waals surface area contributed by atoms with Crippen LogP contribution in [0.1, 0.15) is 19.4 Å². The minimum Gasteiger partial charge on any atom is -0.398 e. The average molecular weight is 270 g/mol. The standard InChI is InChI=1S/C13H20ClN3O/c1-9(2)16-13(18)8-17(3)7-10-6-11(14)4-5-12(10)15/h4-6,9H,7-8,15H2,1-3H3,(H,16,18). The molecule has 100 valence electrons. The molecule has 1 amide bonds. The van der Waals surface area contributed by atoms with Gasteiger partial charge in [-0.15, -0.1) is 0 Å². The topological polar surface area (TPSA) is 58.4 Å². The summed E-state index contributed by atoms with van der Waals surface area (Å²) in [4.78, 5) is 13.5. The molecule has 0 aliphatic carbocycles. The van der Waals surface area contributed by atoms with Gasteiger partial charge in [0.05, 0.1) is 6.54 Å². The van der Waals surface area contributed by atoms with Crippen LogP contribution in [0.25, 0.3) is 0 Å². The van der Waals surface area contributed by atoms with E-state index in [-0.39, 0.29) is 11.9 Å². The Labute approximate surface area is 113 Å². The lowest BCUT2D eigenvalue weighted by atomic mass is 10.1. The minimum atomic E-state index is 0.00750. The fraction of sp³-hybridized carbons (Fsp3) is 0.462. The van der Waals surface area contributed by atoms with E-state index < -0.39 is 0 Å². The third-order valence-corrected chi connectivity index (χ3v) is 2.64. The summed E-state index contributed by atoms with van der Waals surface area (Å²) in [6, 6.07) is 5.52. The molecule has 1 aromatic carbocycles. The van der Waals surface area contributed by atoms with Gasteiger partial charge < -0.3 is 11.1 Å². The van der Waals surface area contributed by atoms with Gasteiger partial charge in [-0.3, -0.25) is 9.69 Å². The number of halogens is 1. The second kappa shape index (κ2) is 6.61. The van der Waals surface area contributed by atoms with Gasteiger partial charge in [0.25, 0.3) is 0 Å². The molecule has 1 aromatic rings. The fourth-order valence-corrected chi connectivity index (χ4v) is 1.87. The van der Waals surface area contributed by atoms with Crippen molar-refractivity contribution in [1.29, 1.82) is 0 Å². The lowest BCUT2D eigenvalue weighted by Crippen LogP contribution is -2.38. The molecular weight excluding hydrogens is 250 g/mol. The molecule has 0 aliphatic rings. The van der Waals surface area contributed by atoms with Gasteiger partial charge in [-0.2, -0.15) is 0 Å². The van der Waals surface area contributed by atoms with Crippen LogP contribution in [0.5, 0.6) is 0 Å². The molecule has 0 radical (unpaired) electrons. The van der Waals surface area contributed by atoms with Crippen LogP contribution in [0.4, 0.5) is 5.69 Å². The Hall–Kier alpha value is -1.26. The highest BCUT2D eigenvalue weighted by Crippen LogP contribution is 2.18. The molecule has 0 atom stereocenters. The van der Waals surface area contributed by atoms with Gasteiger partial charge in [0.2, 0.25) is 5.91 Å². The first-order chi connectivity index (χ1) is 8.38. The molecule has 18 heavy (non-hydrogen) atoms. The maximum atomic E-state index is 11.6. The van der Waals surface area contributed by atoms with Gasteiger partial charge in [-0.25, -0.2) is 0 Å². The first-order valence-electron chi connectivity index (χ1n) is 5.90. The predicted molar refractivity (Wildman–Crippen MR) is 75.5 cm³/mol. The van der Waals surface area contributed by atoms with Crippen molar-refractivity contribution in [1.82, 2.24) is 10.2 Å². The summed E-state index contributed by atoms with van der Waals surface area (Å²) in [6.07, 6.45) is 0. The molecule has 0 spiro atoms. The summed E-state index contributed by atoms with van der Waals surface area (Å²) in [5.41, 5.74) is 7.49. The molecular formula is C13H20ClN3O. The summed E-state index contributed by atoms with van der Waals surface area (Å²) in [5, 5.41) is 3.50. The molecule has 0 heterocycles. The van der Waals surface area contributed by atoms with Gasteiger partial charge in [0.1, 0.15) is 0 Å². The van der Waals surface area contributed by atoms with Crippen LogP contribution in [0.15, 0.2) is 18.2 Å². The van der Waals surface area contributed by atoms with Crippen LogP contribution in [0, 0.1) is 0 Å². The Kier molecular flexibility index (Phi) is 5.44. The zero-order chi connectivity index (χ0) is 13.7. The van der Waals surface area contributed by atoms with Crippen LogP contribution >= 0.6 is 11.6 Å². The second-order valence-electron chi connectivity index (χ2n) is 4.74. The normalized spacial score (nSPS) is 11.0. The lowest BCUT2D eigenvalue weighted by molar-refractivity contribution is -0.122. The number of carbonyl (C=O) groups is 1. The summed E-state index contributed by atoms with van der Waals surface area (Å²) in [5.74, 6) is 0.00750. The highest BCUT2D eigenvalue weighted by Gasteiger charge is 2.09. The first kappa shape index (κ1) is 14.8. The van der Waals surface area contributed by atoms with E-state index in [9.17, 15) is 4.79 Å². The number of likely N-dealkylation sites (N-methyl/N-ethyl adjacent to an activating group) is 1. The molecule has 5 heteroatoms. The number of nitrogen functional groups attached to an aromatic ring is 1. The molecule has 0 unspecified atom stereocenters. The third-order valence-electron chi connectivity index (χ3n) is 2.41. The van der Waals surface area contributed by atoms with Crippen molar-refractivity contribution in [3.05, 3.63) is 28.8 Å². The fourth-order valence-electron chi connectivity index (χ4n) is 1.67. The summed E-state index contributed by atoms with van der Waals surface area (Å²) < 4.78 is 0. The van der Waals surface area contributed by atoms with Crippen LogP contribution in [0.2, 0.25) is 5.02 Å². The van der Waals surface area contributed by atoms with Gasteiger partial charge in [-0.05, 0) is 44.7 Å². The van der Waals surface area contributed by atoms with Gasteiger partial charge >= 0.3 is 0 Å². The minimum absolute atomic E-state index is 0.00750. The number of carbonyl (C=O) groups excluding carboxylic acids is 1. The Bertz CT molecular complexity index is 421. The van der Waals surface area contributed by atoms with E-state index in [1.807, 2.05) is 31.9 Å². The van der Waals surface area contributed by atoms with E-state index in [0.717, 1.165) is 5.56 Å². The lowest BCUT2D eigenvalue weighted by Gasteiger charge is -2.18. The van der Waals surface area contributed by atoms with Crippen molar-refractivity contribution < 1.29 is 4.79 Å². The van der Waals surface area contributed by atoms with E-state index in [4.69, 9.17) is 17.3 Å². The van der Waals surface area contributed by atoms with Crippen molar-refractivity contribution in [2.45, 2.75) is 26.4 Å². The Morgan fingerprint density at radius 2 is 2.17 bits per heavy atom. The Balaban J connectivity index is 2.56. The Morgan fingerprint density at radius 1 is 1.50 bits per heavy atom. The molecule has 0 aromatic heterocycles. The SMILES string of the molecule is CC(C)NC(=O)CN(C)Cc1cc(Cl)ccc1N. The molecule has 1 rings (SSSR count). The maximum absolute atomic E-state index is 11.6. The maximum Gasteiger partial charge on any atom is 0.234 e. The van der Waals surface area contributed by atoms with Gasteiger partial charge in [0, 0.05) is 23.3 Å². The number of benzene rings is 1. The highest BCUT2D eigenvalue weighted by molar-refractivity contribution is 6.30. The molecule has 0 saturated carbocycles. The zero-order valence-corrected chi connectivity index (χ0v) is 11.8. The number of rotatable bonds is 5. The monoisotopic (exact) mass is 269 g/mol. The average Bonchev–Trinajstić information content (AvgIpc) is 2.21. The van der Waals surface area contributed by atoms with Crippen molar-refractivity contribution in [3.63, 3.8) is 0 Å². The molecule has 0 saturated heterocycles. The number of nitrogens with zero attached hydrogens (tertiary/aromatic N) is 1. The van der Waals surface area contributed by atoms with Crippen molar-refractivity contribution in [3.8, 4) is 0 Å². The third kappa shape index (κ3) is 4.94.